The lowest BCUT2D eigenvalue weighted by Crippen LogP contribution is -2.49. The lowest BCUT2D eigenvalue weighted by Gasteiger charge is -2.34. The molecule has 33 heavy (non-hydrogen) atoms. The number of nitriles is 1. The quantitative estimate of drug-likeness (QED) is 0.233. The molecule has 3 rings (SSSR count). The van der Waals surface area contributed by atoms with Crippen LogP contribution in [0.4, 0.5) is 0 Å². The van der Waals surface area contributed by atoms with E-state index in [1.165, 1.54) is 5.57 Å². The number of guanidine groups is 1. The summed E-state index contributed by atoms with van der Waals surface area (Å²) in [5, 5.41) is 12.6. The topological polar surface area (TPSA) is 98.0 Å². The number of carbonyl (C=O) groups is 2. The van der Waals surface area contributed by atoms with E-state index < -0.39 is 5.97 Å². The van der Waals surface area contributed by atoms with Gasteiger partial charge in [0.25, 0.3) is 0 Å². The zero-order valence-electron chi connectivity index (χ0n) is 19.3. The maximum atomic E-state index is 12.7. The number of esters is 1. The summed E-state index contributed by atoms with van der Waals surface area (Å²) in [6, 6.07) is 7.46. The van der Waals surface area contributed by atoms with E-state index in [2.05, 4.69) is 17.2 Å². The summed E-state index contributed by atoms with van der Waals surface area (Å²) in [7, 11) is 0. The number of nitrogens with one attached hydrogen (secondary N) is 1. The number of nitrogens with zero attached hydrogens (tertiary/aromatic N) is 4. The summed E-state index contributed by atoms with van der Waals surface area (Å²) in [4.78, 5) is 33.0. The highest BCUT2D eigenvalue weighted by Gasteiger charge is 2.35. The van der Waals surface area contributed by atoms with Crippen molar-refractivity contribution in [2.45, 2.75) is 52.2 Å². The third-order valence-corrected chi connectivity index (χ3v) is 6.03. The Bertz CT molecular complexity index is 981. The highest BCUT2D eigenvalue weighted by Crippen LogP contribution is 2.33. The first-order valence-corrected chi connectivity index (χ1v) is 11.6. The van der Waals surface area contributed by atoms with Crippen LogP contribution in [0.1, 0.15) is 45.6 Å². The number of rotatable bonds is 5. The van der Waals surface area contributed by atoms with Gasteiger partial charge in [0, 0.05) is 31.1 Å². The second-order valence-corrected chi connectivity index (χ2v) is 8.96. The zero-order valence-corrected chi connectivity index (χ0v) is 20.1. The molecule has 0 aliphatic carbocycles. The average molecular weight is 472 g/mol. The van der Waals surface area contributed by atoms with Crippen molar-refractivity contribution in [3.8, 4) is 6.19 Å². The summed E-state index contributed by atoms with van der Waals surface area (Å²) in [5.41, 5.74) is 3.29. The molecule has 0 aromatic heterocycles. The van der Waals surface area contributed by atoms with Crippen LogP contribution in [0.3, 0.4) is 0 Å². The highest BCUT2D eigenvalue weighted by atomic mass is 35.5. The number of carbonyl (C=O) groups excluding carboxylic acids is 2. The number of benzene rings is 1. The fourth-order valence-corrected chi connectivity index (χ4v) is 4.46. The van der Waals surface area contributed by atoms with Gasteiger partial charge in [0.05, 0.1) is 12.1 Å². The van der Waals surface area contributed by atoms with Gasteiger partial charge in [-0.05, 0) is 56.9 Å². The standard InChI is InChI=1S/C24H30ClN5O3/c1-16(2)33-22(32)13-27-24(28-15-26)29-12-10-17(3)23(18-6-8-19(25)9-7-18)20(14-29)30-11-4-5-21(30)31/h6-9,16,20H,4-5,10-14H2,1-3H3,(H,27,28). The summed E-state index contributed by atoms with van der Waals surface area (Å²) in [6.07, 6.45) is 3.75. The molecule has 0 bridgehead atoms. The Morgan fingerprint density at radius 3 is 2.64 bits per heavy atom. The van der Waals surface area contributed by atoms with E-state index in [0.717, 1.165) is 24.0 Å². The van der Waals surface area contributed by atoms with Gasteiger partial charge in [-0.15, -0.1) is 0 Å². The maximum Gasteiger partial charge on any atom is 0.328 e. The van der Waals surface area contributed by atoms with Crippen molar-refractivity contribution in [3.05, 3.63) is 40.4 Å². The predicted molar refractivity (Wildman–Crippen MR) is 127 cm³/mol. The van der Waals surface area contributed by atoms with Crippen LogP contribution in [-0.2, 0) is 14.3 Å². The number of likely N-dealkylation sites (tertiary alicyclic amines) is 1. The van der Waals surface area contributed by atoms with Gasteiger partial charge in [-0.1, -0.05) is 29.3 Å². The molecule has 1 unspecified atom stereocenters. The van der Waals surface area contributed by atoms with E-state index in [1.54, 1.807) is 13.8 Å². The SMILES string of the molecule is CC1=C(c2ccc(Cl)cc2)C(N2CCCC2=O)CN(C(=NCC(=O)OC(C)C)NC#N)CC1. The third-order valence-electron chi connectivity index (χ3n) is 5.78. The first-order chi connectivity index (χ1) is 15.8. The minimum absolute atomic E-state index is 0.119. The molecule has 1 N–H and O–H groups in total. The average Bonchev–Trinajstić information content (AvgIpc) is 3.11. The molecule has 1 saturated heterocycles. The monoisotopic (exact) mass is 471 g/mol. The number of hydrogen-bond acceptors (Lipinski definition) is 5. The minimum Gasteiger partial charge on any atom is -0.462 e. The normalized spacial score (nSPS) is 19.6. The van der Waals surface area contributed by atoms with E-state index in [0.29, 0.717) is 37.0 Å². The molecule has 1 amide bonds. The van der Waals surface area contributed by atoms with Crippen LogP contribution in [0.25, 0.3) is 5.57 Å². The Labute approximate surface area is 199 Å². The second kappa shape index (κ2) is 11.2. The van der Waals surface area contributed by atoms with Gasteiger partial charge in [-0.25, -0.2) is 4.99 Å². The van der Waals surface area contributed by atoms with Gasteiger partial charge in [0.1, 0.15) is 6.54 Å². The van der Waals surface area contributed by atoms with Crippen molar-refractivity contribution in [1.82, 2.24) is 15.1 Å². The van der Waals surface area contributed by atoms with Crippen molar-refractivity contribution in [2.24, 2.45) is 4.99 Å². The molecular weight excluding hydrogens is 442 g/mol. The second-order valence-electron chi connectivity index (χ2n) is 8.52. The van der Waals surface area contributed by atoms with E-state index in [9.17, 15) is 14.9 Å². The van der Waals surface area contributed by atoms with Crippen molar-refractivity contribution in [3.63, 3.8) is 0 Å². The number of hydrogen-bond donors (Lipinski definition) is 1. The fourth-order valence-electron chi connectivity index (χ4n) is 4.33. The fraction of sp³-hybridized carbons (Fsp3) is 0.500. The lowest BCUT2D eigenvalue weighted by molar-refractivity contribution is -0.145. The molecule has 0 radical (unpaired) electrons. The van der Waals surface area contributed by atoms with E-state index in [-0.39, 0.29) is 24.6 Å². The van der Waals surface area contributed by atoms with Crippen LogP contribution < -0.4 is 5.32 Å². The first-order valence-electron chi connectivity index (χ1n) is 11.2. The molecule has 1 fully saturated rings. The summed E-state index contributed by atoms with van der Waals surface area (Å²) in [6.45, 7) is 7.16. The molecule has 1 aromatic carbocycles. The van der Waals surface area contributed by atoms with Gasteiger partial charge in [-0.3, -0.25) is 14.9 Å². The predicted octanol–water partition coefficient (Wildman–Crippen LogP) is 3.19. The summed E-state index contributed by atoms with van der Waals surface area (Å²) >= 11 is 6.12. The third kappa shape index (κ3) is 6.26. The zero-order chi connectivity index (χ0) is 24.0. The summed E-state index contributed by atoms with van der Waals surface area (Å²) < 4.78 is 5.16. The van der Waals surface area contributed by atoms with Gasteiger partial charge in [-0.2, -0.15) is 5.26 Å². The molecule has 2 heterocycles. The van der Waals surface area contributed by atoms with Crippen molar-refractivity contribution >= 4 is 35.0 Å². The van der Waals surface area contributed by atoms with E-state index in [4.69, 9.17) is 16.3 Å². The molecule has 0 saturated carbocycles. The van der Waals surface area contributed by atoms with Crippen molar-refractivity contribution in [1.29, 1.82) is 5.26 Å². The molecule has 0 spiro atoms. The van der Waals surface area contributed by atoms with Gasteiger partial charge >= 0.3 is 5.97 Å². The Morgan fingerprint density at radius 2 is 2.03 bits per heavy atom. The van der Waals surface area contributed by atoms with Crippen LogP contribution in [-0.4, -0.2) is 66.0 Å². The van der Waals surface area contributed by atoms with Crippen molar-refractivity contribution in [2.75, 3.05) is 26.2 Å². The molecule has 9 heteroatoms. The molecular formula is C24H30ClN5O3. The lowest BCUT2D eigenvalue weighted by atomic mass is 9.92. The number of ether oxygens (including phenoxy) is 1. The van der Waals surface area contributed by atoms with Crippen molar-refractivity contribution < 1.29 is 14.3 Å². The molecule has 1 atom stereocenters. The largest absolute Gasteiger partial charge is 0.462 e. The summed E-state index contributed by atoms with van der Waals surface area (Å²) in [5.74, 6) is -0.0344. The van der Waals surface area contributed by atoms with Crippen LogP contribution >= 0.6 is 11.6 Å². The highest BCUT2D eigenvalue weighted by molar-refractivity contribution is 6.30. The van der Waals surface area contributed by atoms with Crippen LogP contribution in [0.2, 0.25) is 5.02 Å². The van der Waals surface area contributed by atoms with Gasteiger partial charge in [0.15, 0.2) is 6.19 Å². The Balaban J connectivity index is 1.94. The van der Waals surface area contributed by atoms with Gasteiger partial charge < -0.3 is 14.5 Å². The number of aliphatic imine (C=N–C) groups is 1. The Kier molecular flexibility index (Phi) is 8.34. The van der Waals surface area contributed by atoms with E-state index in [1.807, 2.05) is 40.3 Å². The van der Waals surface area contributed by atoms with E-state index >= 15 is 0 Å². The van der Waals surface area contributed by atoms with Gasteiger partial charge in [0.2, 0.25) is 11.9 Å². The number of halogens is 1. The molecule has 2 aliphatic rings. The first kappa shape index (κ1) is 24.6. The Morgan fingerprint density at radius 1 is 1.30 bits per heavy atom. The molecule has 2 aliphatic heterocycles. The van der Waals surface area contributed by atoms with Crippen LogP contribution in [0.5, 0.6) is 0 Å². The smallest absolute Gasteiger partial charge is 0.328 e. The van der Waals surface area contributed by atoms with Crippen LogP contribution in [0.15, 0.2) is 34.8 Å². The Hall–Kier alpha value is -3.05. The van der Waals surface area contributed by atoms with Crippen LogP contribution in [0, 0.1) is 11.5 Å². The molecule has 176 valence electrons. The minimum atomic E-state index is -0.459. The maximum absolute atomic E-state index is 12.7. The molecule has 8 nitrogen and oxygen atoms in total. The molecule has 1 aromatic rings. The number of amides is 1.